The van der Waals surface area contributed by atoms with Crippen LogP contribution in [0.2, 0.25) is 0 Å². The van der Waals surface area contributed by atoms with Gasteiger partial charge in [0.2, 0.25) is 0 Å². The molecule has 0 unspecified atom stereocenters. The topological polar surface area (TPSA) is 36.5 Å². The molecule has 0 aliphatic carbocycles. The first kappa shape index (κ1) is 35.0. The van der Waals surface area contributed by atoms with E-state index in [1.807, 2.05) is 0 Å². The minimum absolute atomic E-state index is 0. The van der Waals surface area contributed by atoms with Gasteiger partial charge in [0.05, 0.1) is 0 Å². The number of halogens is 2. The van der Waals surface area contributed by atoms with Gasteiger partial charge in [-0.2, -0.15) is 0 Å². The van der Waals surface area contributed by atoms with E-state index in [1.54, 1.807) is 0 Å². The van der Waals surface area contributed by atoms with Gasteiger partial charge < -0.3 is 47.1 Å². The van der Waals surface area contributed by atoms with Gasteiger partial charge in [-0.3, -0.25) is 0 Å². The Bertz CT molecular complexity index is 8.00. The second kappa shape index (κ2) is 19.1. The summed E-state index contributed by atoms with van der Waals surface area (Å²) in [4.78, 5) is 0. The molecule has 0 aliphatic rings. The zero-order valence-corrected chi connectivity index (χ0v) is 8.50. The van der Waals surface area contributed by atoms with Crippen molar-refractivity contribution in [2.75, 3.05) is 0 Å². The fraction of sp³-hybridized carbons (Fsp3) is 0. The summed E-state index contributed by atoms with van der Waals surface area (Å²) < 4.78 is 0. The molecule has 0 radical (unpaired) electrons. The first-order valence-corrected chi connectivity index (χ1v) is 0. The van der Waals surface area contributed by atoms with Crippen LogP contribution in [0, 0.1) is 0 Å². The third kappa shape index (κ3) is 8.90. The normalized spacial score (nSPS) is 0. The van der Waals surface area contributed by atoms with Crippen molar-refractivity contribution in [3.05, 3.63) is 0 Å². The third-order valence-electron chi connectivity index (χ3n) is 0. The molecule has 0 aromatic carbocycles. The Morgan fingerprint density at radius 2 is 1.00 bits per heavy atom. The molecule has 4 N–H and O–H groups in total. The summed E-state index contributed by atoms with van der Waals surface area (Å²) in [5, 5.41) is 0. The Labute approximate surface area is 75.6 Å². The minimum atomic E-state index is 0. The second-order valence-electron chi connectivity index (χ2n) is 0. The fourth-order valence-electron chi connectivity index (χ4n) is 0. The zero-order valence-electron chi connectivity index (χ0n) is 2.76. The van der Waals surface area contributed by atoms with E-state index in [4.69, 9.17) is 0 Å². The van der Waals surface area contributed by atoms with Crippen molar-refractivity contribution in [2.45, 2.75) is 0 Å². The predicted octanol–water partition coefficient (Wildman–Crippen LogP) is -8.61. The van der Waals surface area contributed by atoms with Crippen LogP contribution in [0.1, 0.15) is 0 Å². The maximum absolute atomic E-state index is 0. The summed E-state index contributed by atoms with van der Waals surface area (Å²) in [6, 6.07) is 0. The van der Waals surface area contributed by atoms with Gasteiger partial charge in [-0.05, 0) is 0 Å². The SMILES string of the molecule is [Br-].[I-].[NH4+].[Na+]. The maximum Gasteiger partial charge on any atom is 1.00 e. The summed E-state index contributed by atoms with van der Waals surface area (Å²) in [6.07, 6.45) is 0. The summed E-state index contributed by atoms with van der Waals surface area (Å²) in [6.45, 7) is 0. The minimum Gasteiger partial charge on any atom is -1.00 e. The number of hydrogen-bond donors (Lipinski definition) is 1. The van der Waals surface area contributed by atoms with Crippen molar-refractivity contribution in [1.82, 2.24) is 6.15 Å². The monoisotopic (exact) mass is 247 g/mol. The van der Waals surface area contributed by atoms with Crippen molar-refractivity contribution in [3.63, 3.8) is 0 Å². The van der Waals surface area contributed by atoms with Crippen molar-refractivity contribution in [2.24, 2.45) is 0 Å². The van der Waals surface area contributed by atoms with Gasteiger partial charge in [-0.15, -0.1) is 0 Å². The van der Waals surface area contributed by atoms with Crippen molar-refractivity contribution in [3.8, 4) is 0 Å². The van der Waals surface area contributed by atoms with Gasteiger partial charge in [0.25, 0.3) is 0 Å². The first-order valence-electron chi connectivity index (χ1n) is 0. The molecule has 0 atom stereocenters. The van der Waals surface area contributed by atoms with E-state index in [0.717, 1.165) is 0 Å². The number of quaternary nitrogens is 1. The molecule has 0 fully saturated rings. The maximum atomic E-state index is 0. The molecule has 0 spiro atoms. The Hall–Kier alpha value is 2.17. The molecule has 0 rings (SSSR count). The molecule has 0 saturated carbocycles. The van der Waals surface area contributed by atoms with Gasteiger partial charge >= 0.3 is 29.6 Å². The van der Waals surface area contributed by atoms with Gasteiger partial charge in [-0.1, -0.05) is 0 Å². The summed E-state index contributed by atoms with van der Waals surface area (Å²) in [7, 11) is 0. The van der Waals surface area contributed by atoms with E-state index in [9.17, 15) is 0 Å². The Morgan fingerprint density at radius 1 is 1.00 bits per heavy atom. The smallest absolute Gasteiger partial charge is 1.00 e. The largest absolute Gasteiger partial charge is 1.00 e. The molecular weight excluding hydrogens is 244 g/mol. The molecule has 0 bridgehead atoms. The molecule has 0 aliphatic heterocycles. The van der Waals surface area contributed by atoms with E-state index in [1.165, 1.54) is 0 Å². The average molecular weight is 248 g/mol. The fourth-order valence-corrected chi connectivity index (χ4v) is 0. The van der Waals surface area contributed by atoms with Crippen molar-refractivity contribution < 1.29 is 70.5 Å². The van der Waals surface area contributed by atoms with Gasteiger partial charge in [0.15, 0.2) is 0 Å². The predicted molar refractivity (Wildman–Crippen MR) is 5.98 cm³/mol. The molecule has 4 heteroatoms. The molecule has 0 aromatic rings. The van der Waals surface area contributed by atoms with Crippen LogP contribution in [0.3, 0.4) is 0 Å². The van der Waals surface area contributed by atoms with E-state index < -0.39 is 0 Å². The summed E-state index contributed by atoms with van der Waals surface area (Å²) >= 11 is 0. The Balaban J connectivity index is 0. The van der Waals surface area contributed by atoms with Crippen LogP contribution in [0.5, 0.6) is 0 Å². The molecule has 0 saturated heterocycles. The Kier molecular flexibility index (Phi) is 167. The second-order valence-corrected chi connectivity index (χ2v) is 0. The van der Waals surface area contributed by atoms with E-state index >= 15 is 0 Å². The Morgan fingerprint density at radius 3 is 1.00 bits per heavy atom. The standard InChI is InChI=1S/BrH.HI.H3N.Na/h2*1H;1H3;/q;;;+1/p-1. The first-order chi connectivity index (χ1) is 0. The molecule has 0 heterocycles. The summed E-state index contributed by atoms with van der Waals surface area (Å²) in [5.74, 6) is 0. The molecule has 24 valence electrons. The molecule has 1 nitrogen and oxygen atoms in total. The quantitative estimate of drug-likeness (QED) is 0.326. The molecule has 0 aromatic heterocycles. The number of hydrogen-bond acceptors (Lipinski definition) is 0. The van der Waals surface area contributed by atoms with Crippen LogP contribution in [0.25, 0.3) is 0 Å². The van der Waals surface area contributed by atoms with Crippen LogP contribution in [-0.2, 0) is 0 Å². The van der Waals surface area contributed by atoms with Crippen LogP contribution >= 0.6 is 0 Å². The van der Waals surface area contributed by atoms with E-state index in [0.29, 0.717) is 0 Å². The van der Waals surface area contributed by atoms with Crippen LogP contribution in [0.4, 0.5) is 0 Å². The van der Waals surface area contributed by atoms with Crippen molar-refractivity contribution in [1.29, 1.82) is 0 Å². The molecule has 0 amide bonds. The molecular formula is H4BrINNa. The van der Waals surface area contributed by atoms with Gasteiger partial charge in [-0.25, -0.2) is 0 Å². The van der Waals surface area contributed by atoms with E-state index in [-0.39, 0.29) is 76.7 Å². The number of rotatable bonds is 0. The molecule has 4 heavy (non-hydrogen) atoms. The van der Waals surface area contributed by atoms with Crippen LogP contribution < -0.4 is 76.7 Å². The average Bonchev–Trinajstić information content (AvgIpc) is 0. The van der Waals surface area contributed by atoms with Crippen LogP contribution in [-0.4, -0.2) is 0 Å². The van der Waals surface area contributed by atoms with Gasteiger partial charge in [0.1, 0.15) is 0 Å². The van der Waals surface area contributed by atoms with E-state index in [2.05, 4.69) is 0 Å². The third-order valence-corrected chi connectivity index (χ3v) is 0. The zero-order chi connectivity index (χ0) is 0. The summed E-state index contributed by atoms with van der Waals surface area (Å²) in [5.41, 5.74) is 0. The van der Waals surface area contributed by atoms with Crippen molar-refractivity contribution >= 4 is 0 Å². The van der Waals surface area contributed by atoms with Crippen LogP contribution in [0.15, 0.2) is 0 Å². The van der Waals surface area contributed by atoms with Gasteiger partial charge in [0, 0.05) is 0 Å².